The predicted octanol–water partition coefficient (Wildman–Crippen LogP) is 1.29. The Kier molecular flexibility index (Phi) is 6.15. The van der Waals surface area contributed by atoms with E-state index in [0.717, 1.165) is 18.5 Å². The molecule has 4 fully saturated rings. The van der Waals surface area contributed by atoms with Crippen molar-refractivity contribution in [2.24, 2.45) is 17.1 Å². The molecule has 156 valence electrons. The molecule has 0 unspecified atom stereocenters. The molecule has 1 aliphatic carbocycles. The van der Waals surface area contributed by atoms with E-state index in [2.05, 4.69) is 28.8 Å². The summed E-state index contributed by atoms with van der Waals surface area (Å²) in [5.41, 5.74) is 6.49. The number of likely N-dealkylation sites (tertiary alicyclic amines) is 2. The first kappa shape index (κ1) is 20.1. The quantitative estimate of drug-likeness (QED) is 0.707. The summed E-state index contributed by atoms with van der Waals surface area (Å²) in [6, 6.07) is 0.856. The van der Waals surface area contributed by atoms with E-state index in [9.17, 15) is 0 Å². The van der Waals surface area contributed by atoms with Crippen LogP contribution in [-0.2, 0) is 0 Å². The lowest BCUT2D eigenvalue weighted by molar-refractivity contribution is -0.894. The van der Waals surface area contributed by atoms with E-state index in [1.807, 2.05) is 0 Å². The summed E-state index contributed by atoms with van der Waals surface area (Å²) in [6.45, 7) is 14.1. The topological polar surface area (TPSA) is 35.7 Å². The van der Waals surface area contributed by atoms with Gasteiger partial charge in [0.15, 0.2) is 0 Å². The highest BCUT2D eigenvalue weighted by Crippen LogP contribution is 2.45. The minimum Gasteiger partial charge on any atom is -0.330 e. The number of rotatable bonds is 6. The fraction of sp³-hybridized carbons (Fsp3) is 1.00. The Morgan fingerprint density at radius 3 is 2.00 bits per heavy atom. The minimum atomic E-state index is 0.511. The van der Waals surface area contributed by atoms with Crippen molar-refractivity contribution in [3.05, 3.63) is 0 Å². The zero-order valence-electron chi connectivity index (χ0n) is 18.0. The highest BCUT2D eigenvalue weighted by molar-refractivity contribution is 4.97. The molecule has 0 aromatic carbocycles. The van der Waals surface area contributed by atoms with Gasteiger partial charge in [0, 0.05) is 32.2 Å². The molecule has 0 radical (unpaired) electrons. The van der Waals surface area contributed by atoms with Crippen molar-refractivity contribution in [1.29, 1.82) is 0 Å². The molecule has 3 aliphatic heterocycles. The molecule has 0 bridgehead atoms. The van der Waals surface area contributed by atoms with Crippen LogP contribution >= 0.6 is 0 Å². The van der Waals surface area contributed by atoms with Crippen molar-refractivity contribution in [3.8, 4) is 0 Å². The van der Waals surface area contributed by atoms with E-state index >= 15 is 0 Å². The molecule has 0 amide bonds. The van der Waals surface area contributed by atoms with E-state index in [1.165, 1.54) is 108 Å². The molecule has 3 saturated heterocycles. The third-order valence-corrected chi connectivity index (χ3v) is 8.23. The highest BCUT2D eigenvalue weighted by atomic mass is 15.4. The number of piperazine rings is 1. The van der Waals surface area contributed by atoms with Crippen LogP contribution in [0.3, 0.4) is 0 Å². The number of likely N-dealkylation sites (N-methyl/N-ethyl adjacent to an activating group) is 1. The van der Waals surface area contributed by atoms with Gasteiger partial charge in [-0.3, -0.25) is 4.90 Å². The summed E-state index contributed by atoms with van der Waals surface area (Å²) in [7, 11) is 4.76. The van der Waals surface area contributed by atoms with E-state index < -0.39 is 0 Å². The molecule has 4 aliphatic rings. The lowest BCUT2D eigenvalue weighted by atomic mass is 9.93. The van der Waals surface area contributed by atoms with Gasteiger partial charge in [0.1, 0.15) is 0 Å². The Morgan fingerprint density at radius 1 is 0.852 bits per heavy atom. The van der Waals surface area contributed by atoms with Crippen LogP contribution in [0.2, 0.25) is 0 Å². The molecule has 1 saturated carbocycles. The van der Waals surface area contributed by atoms with Crippen LogP contribution in [0.5, 0.6) is 0 Å². The third kappa shape index (κ3) is 5.24. The van der Waals surface area contributed by atoms with E-state index in [-0.39, 0.29) is 0 Å². The van der Waals surface area contributed by atoms with E-state index in [4.69, 9.17) is 5.73 Å². The maximum absolute atomic E-state index is 5.98. The normalized spacial score (nSPS) is 31.2. The molecule has 2 N–H and O–H groups in total. The summed E-state index contributed by atoms with van der Waals surface area (Å²) >= 11 is 0. The fourth-order valence-electron chi connectivity index (χ4n) is 5.62. The van der Waals surface area contributed by atoms with Crippen molar-refractivity contribution < 1.29 is 4.48 Å². The first-order valence-electron chi connectivity index (χ1n) is 11.7. The molecule has 27 heavy (non-hydrogen) atoms. The van der Waals surface area contributed by atoms with Crippen molar-refractivity contribution in [3.63, 3.8) is 0 Å². The van der Waals surface area contributed by atoms with Gasteiger partial charge >= 0.3 is 0 Å². The molecule has 0 spiro atoms. The number of nitrogens with two attached hydrogens (primary N) is 1. The monoisotopic (exact) mass is 378 g/mol. The van der Waals surface area contributed by atoms with Gasteiger partial charge in [-0.2, -0.15) is 0 Å². The molecule has 0 aromatic heterocycles. The van der Waals surface area contributed by atoms with Crippen molar-refractivity contribution >= 4 is 0 Å². The molecule has 0 atom stereocenters. The Balaban J connectivity index is 1.13. The number of quaternary nitrogens is 1. The third-order valence-electron chi connectivity index (χ3n) is 8.23. The van der Waals surface area contributed by atoms with Crippen molar-refractivity contribution in [2.45, 2.75) is 44.6 Å². The predicted molar refractivity (Wildman–Crippen MR) is 113 cm³/mol. The standard InChI is InChI=1S/C22H44N5/c1-27(2)15-13-26(14-16-27)21-5-11-24(12-6-21)17-20-3-9-25(10-4-20)19-22(18-23)7-8-22/h20-21H,3-19,23H2,1-2H3/q+1. The van der Waals surface area contributed by atoms with E-state index in [1.54, 1.807) is 0 Å². The van der Waals surface area contributed by atoms with Crippen molar-refractivity contribution in [1.82, 2.24) is 14.7 Å². The van der Waals surface area contributed by atoms with Gasteiger partial charge in [-0.1, -0.05) is 0 Å². The number of hydrogen-bond acceptors (Lipinski definition) is 4. The van der Waals surface area contributed by atoms with Crippen LogP contribution in [0.25, 0.3) is 0 Å². The summed E-state index contributed by atoms with van der Waals surface area (Å²) < 4.78 is 1.21. The minimum absolute atomic E-state index is 0.511. The average molecular weight is 379 g/mol. The molecule has 5 nitrogen and oxygen atoms in total. The van der Waals surface area contributed by atoms with Gasteiger partial charge in [0.2, 0.25) is 0 Å². The van der Waals surface area contributed by atoms with Crippen LogP contribution in [0, 0.1) is 11.3 Å². The van der Waals surface area contributed by atoms with Crippen LogP contribution in [0.1, 0.15) is 38.5 Å². The average Bonchev–Trinajstić information content (AvgIpc) is 3.44. The van der Waals surface area contributed by atoms with Gasteiger partial charge in [-0.25, -0.2) is 0 Å². The molecule has 3 heterocycles. The van der Waals surface area contributed by atoms with Gasteiger partial charge in [0.05, 0.1) is 27.2 Å². The zero-order valence-corrected chi connectivity index (χ0v) is 18.0. The second kappa shape index (κ2) is 8.27. The SMILES string of the molecule is C[N+]1(C)CCN(C2CCN(CC3CCN(CC4(CN)CC4)CC3)CC2)CC1. The van der Waals surface area contributed by atoms with Crippen LogP contribution < -0.4 is 5.73 Å². The smallest absolute Gasteiger partial charge is 0.0912 e. The Hall–Kier alpha value is -0.200. The summed E-state index contributed by atoms with van der Waals surface area (Å²) in [6.07, 6.45) is 8.33. The maximum Gasteiger partial charge on any atom is 0.0912 e. The fourth-order valence-corrected chi connectivity index (χ4v) is 5.62. The van der Waals surface area contributed by atoms with Crippen molar-refractivity contribution in [2.75, 3.05) is 86.1 Å². The largest absolute Gasteiger partial charge is 0.330 e. The van der Waals surface area contributed by atoms with Gasteiger partial charge in [0.25, 0.3) is 0 Å². The molecule has 0 aromatic rings. The van der Waals surface area contributed by atoms with Crippen LogP contribution in [0.15, 0.2) is 0 Å². The van der Waals surface area contributed by atoms with Gasteiger partial charge < -0.3 is 20.0 Å². The van der Waals surface area contributed by atoms with Gasteiger partial charge in [-0.05, 0) is 82.6 Å². The Labute approximate surface area is 167 Å². The number of hydrogen-bond donors (Lipinski definition) is 1. The summed E-state index contributed by atoms with van der Waals surface area (Å²) in [5.74, 6) is 0.930. The first-order valence-corrected chi connectivity index (χ1v) is 11.7. The molecular weight excluding hydrogens is 334 g/mol. The lowest BCUT2D eigenvalue weighted by Crippen LogP contribution is -2.58. The first-order chi connectivity index (χ1) is 13.0. The molecule has 4 rings (SSSR count). The number of piperidine rings is 2. The Bertz CT molecular complexity index is 463. The zero-order chi connectivity index (χ0) is 18.9. The van der Waals surface area contributed by atoms with E-state index in [0.29, 0.717) is 5.41 Å². The lowest BCUT2D eigenvalue weighted by Gasteiger charge is -2.45. The maximum atomic E-state index is 5.98. The van der Waals surface area contributed by atoms with Gasteiger partial charge in [-0.15, -0.1) is 0 Å². The molecule has 5 heteroatoms. The summed E-state index contributed by atoms with van der Waals surface area (Å²) in [4.78, 5) is 8.28. The number of nitrogens with zero attached hydrogens (tertiary/aromatic N) is 4. The highest BCUT2D eigenvalue weighted by Gasteiger charge is 2.43. The van der Waals surface area contributed by atoms with Crippen LogP contribution in [0.4, 0.5) is 0 Å². The Morgan fingerprint density at radius 2 is 1.44 bits per heavy atom. The van der Waals surface area contributed by atoms with Crippen LogP contribution in [-0.4, -0.2) is 111 Å². The molecular formula is C22H44N5+. The second-order valence-corrected chi connectivity index (χ2v) is 10.9. The summed E-state index contributed by atoms with van der Waals surface area (Å²) in [5, 5.41) is 0. The second-order valence-electron chi connectivity index (χ2n) is 10.9.